The van der Waals surface area contributed by atoms with E-state index in [-0.39, 0.29) is 34.7 Å². The summed E-state index contributed by atoms with van der Waals surface area (Å²) < 4.78 is 14.3. The molecule has 10 heteroatoms. The fraction of sp³-hybridized carbons (Fsp3) is 0.158. The number of amides is 2. The molecule has 4 N–H and O–H groups in total. The van der Waals surface area contributed by atoms with Crippen LogP contribution in [0.25, 0.3) is 0 Å². The second kappa shape index (κ2) is 8.70. The molecule has 0 radical (unpaired) electrons. The lowest BCUT2D eigenvalue weighted by atomic mass is 10.1. The van der Waals surface area contributed by atoms with Crippen molar-refractivity contribution in [1.82, 2.24) is 15.0 Å². The Bertz CT molecular complexity index is 1070. The van der Waals surface area contributed by atoms with Gasteiger partial charge < -0.3 is 16.4 Å². The number of nitrogens with zero attached hydrogens (tertiary/aromatic N) is 3. The number of halogens is 2. The first-order valence-corrected chi connectivity index (χ1v) is 9.10. The number of hydrogen-bond donors (Lipinski definition) is 3. The van der Waals surface area contributed by atoms with Crippen molar-refractivity contribution in [3.05, 3.63) is 64.6 Å². The molecule has 0 aliphatic heterocycles. The largest absolute Gasteiger partial charge is 0.382 e. The van der Waals surface area contributed by atoms with Gasteiger partial charge in [-0.2, -0.15) is 0 Å². The molecule has 3 rings (SSSR count). The van der Waals surface area contributed by atoms with Crippen molar-refractivity contribution < 1.29 is 14.0 Å². The van der Waals surface area contributed by atoms with Gasteiger partial charge in [-0.05, 0) is 36.2 Å². The Morgan fingerprint density at radius 3 is 2.69 bits per heavy atom. The van der Waals surface area contributed by atoms with E-state index in [2.05, 4.69) is 20.9 Å². The van der Waals surface area contributed by atoms with Crippen molar-refractivity contribution in [2.75, 3.05) is 16.4 Å². The molecule has 0 spiro atoms. The predicted molar refractivity (Wildman–Crippen MR) is 108 cm³/mol. The average Bonchev–Trinajstić information content (AvgIpc) is 3.05. The number of benzene rings is 2. The van der Waals surface area contributed by atoms with Gasteiger partial charge in [-0.25, -0.2) is 9.07 Å². The van der Waals surface area contributed by atoms with Crippen LogP contribution in [0, 0.1) is 5.82 Å². The molecule has 0 bridgehead atoms. The molecule has 0 saturated carbocycles. The molecular formula is C19H18ClFN6O2. The second-order valence-electron chi connectivity index (χ2n) is 6.12. The van der Waals surface area contributed by atoms with Crippen molar-refractivity contribution >= 4 is 40.6 Å². The molecule has 29 heavy (non-hydrogen) atoms. The molecule has 0 aliphatic rings. The number of aromatic nitrogens is 3. The summed E-state index contributed by atoms with van der Waals surface area (Å²) in [5, 5.41) is 12.7. The smallest absolute Gasteiger partial charge is 0.280 e. The monoisotopic (exact) mass is 416 g/mol. The summed E-state index contributed by atoms with van der Waals surface area (Å²) in [6, 6.07) is 11.2. The third-order valence-electron chi connectivity index (χ3n) is 4.13. The summed E-state index contributed by atoms with van der Waals surface area (Å²) in [6.07, 6.45) is 0.764. The normalized spacial score (nSPS) is 10.6. The zero-order valence-corrected chi connectivity index (χ0v) is 16.2. The number of anilines is 3. The number of hydrogen-bond acceptors (Lipinski definition) is 5. The number of carbonyl (C=O) groups excluding carboxylic acids is 2. The molecule has 150 valence electrons. The van der Waals surface area contributed by atoms with Gasteiger partial charge in [0.25, 0.3) is 5.91 Å². The molecule has 0 unspecified atom stereocenters. The van der Waals surface area contributed by atoms with Crippen molar-refractivity contribution in [3.63, 3.8) is 0 Å². The lowest BCUT2D eigenvalue weighted by molar-refractivity contribution is -0.116. The number of para-hydroxylation sites is 1. The summed E-state index contributed by atoms with van der Waals surface area (Å²) in [5.74, 6) is -1.70. The topological polar surface area (TPSA) is 115 Å². The lowest BCUT2D eigenvalue weighted by Gasteiger charge is -2.10. The third kappa shape index (κ3) is 4.69. The molecule has 3 aromatic rings. The zero-order chi connectivity index (χ0) is 21.0. The summed E-state index contributed by atoms with van der Waals surface area (Å²) >= 11 is 5.70. The molecule has 0 fully saturated rings. The standard InChI is InChI=1S/C19H18ClFN6O2/c1-2-11-5-3-4-6-15(11)24-16(28)10-27-18(22)17(25-26-27)19(29)23-12-7-8-14(21)13(20)9-12/h3-9H,2,10,22H2,1H3,(H,23,29)(H,24,28). The minimum absolute atomic E-state index is 0.0744. The highest BCUT2D eigenvalue weighted by molar-refractivity contribution is 6.31. The predicted octanol–water partition coefficient (Wildman–Crippen LogP) is 3.11. The van der Waals surface area contributed by atoms with Crippen LogP contribution in [0.3, 0.4) is 0 Å². The fourth-order valence-electron chi connectivity index (χ4n) is 2.64. The second-order valence-corrected chi connectivity index (χ2v) is 6.53. The Balaban J connectivity index is 1.69. The molecule has 1 heterocycles. The summed E-state index contributed by atoms with van der Waals surface area (Å²) in [5.41, 5.74) is 7.72. The third-order valence-corrected chi connectivity index (χ3v) is 4.42. The van der Waals surface area contributed by atoms with Crippen LogP contribution in [0.15, 0.2) is 42.5 Å². The zero-order valence-electron chi connectivity index (χ0n) is 15.4. The Kier molecular flexibility index (Phi) is 6.08. The number of nitrogens with two attached hydrogens (primary N) is 1. The summed E-state index contributed by atoms with van der Waals surface area (Å²) in [6.45, 7) is 1.77. The quantitative estimate of drug-likeness (QED) is 0.571. The molecule has 2 aromatic carbocycles. The summed E-state index contributed by atoms with van der Waals surface area (Å²) in [4.78, 5) is 24.7. The highest BCUT2D eigenvalue weighted by Gasteiger charge is 2.19. The molecule has 0 aliphatic carbocycles. The van der Waals surface area contributed by atoms with E-state index in [0.29, 0.717) is 5.69 Å². The maximum Gasteiger partial charge on any atom is 0.280 e. The maximum atomic E-state index is 13.2. The van der Waals surface area contributed by atoms with Crippen molar-refractivity contribution in [1.29, 1.82) is 0 Å². The molecular weight excluding hydrogens is 399 g/mol. The number of aryl methyl sites for hydroxylation is 1. The van der Waals surface area contributed by atoms with Gasteiger partial charge in [0.15, 0.2) is 11.5 Å². The number of carbonyl (C=O) groups is 2. The van der Waals surface area contributed by atoms with Crippen LogP contribution in [0.5, 0.6) is 0 Å². The van der Waals surface area contributed by atoms with E-state index in [4.69, 9.17) is 17.3 Å². The van der Waals surface area contributed by atoms with Crippen molar-refractivity contribution in [2.24, 2.45) is 0 Å². The van der Waals surface area contributed by atoms with Crippen LogP contribution in [0.1, 0.15) is 23.0 Å². The van der Waals surface area contributed by atoms with Gasteiger partial charge in [0.1, 0.15) is 12.4 Å². The maximum absolute atomic E-state index is 13.2. The Hall–Kier alpha value is -3.46. The average molecular weight is 417 g/mol. The van der Waals surface area contributed by atoms with Crippen LogP contribution in [0.2, 0.25) is 5.02 Å². The molecule has 0 saturated heterocycles. The van der Waals surface area contributed by atoms with Crippen LogP contribution >= 0.6 is 11.6 Å². The minimum atomic E-state index is -0.659. The lowest BCUT2D eigenvalue weighted by Crippen LogP contribution is -2.22. The number of nitrogens with one attached hydrogen (secondary N) is 2. The van der Waals surface area contributed by atoms with Gasteiger partial charge in [0.2, 0.25) is 5.91 Å². The number of rotatable bonds is 6. The van der Waals surface area contributed by atoms with E-state index in [1.54, 1.807) is 6.07 Å². The Morgan fingerprint density at radius 2 is 1.97 bits per heavy atom. The first-order valence-electron chi connectivity index (χ1n) is 8.72. The van der Waals surface area contributed by atoms with Crippen LogP contribution in [-0.4, -0.2) is 26.8 Å². The fourth-order valence-corrected chi connectivity index (χ4v) is 2.82. The van der Waals surface area contributed by atoms with Gasteiger partial charge in [-0.1, -0.05) is 41.9 Å². The van der Waals surface area contributed by atoms with Gasteiger partial charge >= 0.3 is 0 Å². The van der Waals surface area contributed by atoms with E-state index in [9.17, 15) is 14.0 Å². The van der Waals surface area contributed by atoms with Crippen molar-refractivity contribution in [2.45, 2.75) is 19.9 Å². The van der Waals surface area contributed by atoms with Crippen LogP contribution in [-0.2, 0) is 17.8 Å². The van der Waals surface area contributed by atoms with Gasteiger partial charge in [0, 0.05) is 11.4 Å². The van der Waals surface area contributed by atoms with Crippen LogP contribution in [0.4, 0.5) is 21.6 Å². The first-order chi connectivity index (χ1) is 13.9. The summed E-state index contributed by atoms with van der Waals surface area (Å²) in [7, 11) is 0. The van der Waals surface area contributed by atoms with E-state index in [1.165, 1.54) is 12.1 Å². The first kappa shape index (κ1) is 20.3. The Morgan fingerprint density at radius 1 is 1.21 bits per heavy atom. The number of nitrogen functional groups attached to an aromatic ring is 1. The highest BCUT2D eigenvalue weighted by atomic mass is 35.5. The minimum Gasteiger partial charge on any atom is -0.382 e. The van der Waals surface area contributed by atoms with E-state index in [0.717, 1.165) is 22.7 Å². The molecule has 0 atom stereocenters. The molecule has 8 nitrogen and oxygen atoms in total. The molecule has 1 aromatic heterocycles. The molecule has 2 amide bonds. The van der Waals surface area contributed by atoms with E-state index >= 15 is 0 Å². The van der Waals surface area contributed by atoms with Gasteiger partial charge in [0.05, 0.1) is 5.02 Å². The Labute approximate surface area is 170 Å². The van der Waals surface area contributed by atoms with Crippen LogP contribution < -0.4 is 16.4 Å². The highest BCUT2D eigenvalue weighted by Crippen LogP contribution is 2.20. The van der Waals surface area contributed by atoms with Gasteiger partial charge in [-0.3, -0.25) is 9.59 Å². The SMILES string of the molecule is CCc1ccccc1NC(=O)Cn1nnc(C(=O)Nc2ccc(F)c(Cl)c2)c1N. The van der Waals surface area contributed by atoms with E-state index in [1.807, 2.05) is 25.1 Å². The van der Waals surface area contributed by atoms with Gasteiger partial charge in [-0.15, -0.1) is 5.10 Å². The van der Waals surface area contributed by atoms with Crippen molar-refractivity contribution in [3.8, 4) is 0 Å². The van der Waals surface area contributed by atoms with E-state index < -0.39 is 11.7 Å².